The molecule has 0 spiro atoms. The summed E-state index contributed by atoms with van der Waals surface area (Å²) in [5, 5.41) is 3.84. The van der Waals surface area contributed by atoms with Crippen LogP contribution >= 0.6 is 11.3 Å². The van der Waals surface area contributed by atoms with Gasteiger partial charge < -0.3 is 5.32 Å². The number of nitrogens with zero attached hydrogens (tertiary/aromatic N) is 1. The summed E-state index contributed by atoms with van der Waals surface area (Å²) >= 11 is 1.60. The van der Waals surface area contributed by atoms with Gasteiger partial charge in [0.05, 0.1) is 5.00 Å². The van der Waals surface area contributed by atoms with E-state index in [9.17, 15) is 4.79 Å². The SMILES string of the molecule is CCC(=O)Nc1cc(-c2ccc(C)cc2)c(-c2ccncc2)s1. The first-order valence-electron chi connectivity index (χ1n) is 7.58. The van der Waals surface area contributed by atoms with Gasteiger partial charge in [0.15, 0.2) is 0 Å². The fourth-order valence-corrected chi connectivity index (χ4v) is 3.45. The Morgan fingerprint density at radius 3 is 2.43 bits per heavy atom. The standard InChI is InChI=1S/C19H18N2OS/c1-3-17(22)21-18-12-16(14-6-4-13(2)5-7-14)19(23-18)15-8-10-20-11-9-15/h4-12H,3H2,1-2H3,(H,21,22). The molecule has 0 aliphatic heterocycles. The maximum Gasteiger partial charge on any atom is 0.224 e. The van der Waals surface area contributed by atoms with E-state index in [1.807, 2.05) is 19.1 Å². The molecule has 0 radical (unpaired) electrons. The summed E-state index contributed by atoms with van der Waals surface area (Å²) in [6.45, 7) is 3.93. The first kappa shape index (κ1) is 15.4. The van der Waals surface area contributed by atoms with Gasteiger partial charge in [-0.05, 0) is 36.2 Å². The normalized spacial score (nSPS) is 10.5. The van der Waals surface area contributed by atoms with E-state index in [2.05, 4.69) is 47.6 Å². The van der Waals surface area contributed by atoms with E-state index in [1.54, 1.807) is 23.7 Å². The molecule has 3 aromatic rings. The molecular weight excluding hydrogens is 304 g/mol. The number of aryl methyl sites for hydroxylation is 1. The fourth-order valence-electron chi connectivity index (χ4n) is 2.34. The number of nitrogens with one attached hydrogen (secondary N) is 1. The number of thiophene rings is 1. The van der Waals surface area contributed by atoms with Crippen molar-refractivity contribution in [1.82, 2.24) is 4.98 Å². The molecule has 2 aromatic heterocycles. The second-order valence-corrected chi connectivity index (χ2v) is 6.41. The van der Waals surface area contributed by atoms with Gasteiger partial charge >= 0.3 is 0 Å². The number of benzene rings is 1. The molecule has 23 heavy (non-hydrogen) atoms. The number of aromatic nitrogens is 1. The van der Waals surface area contributed by atoms with Crippen LogP contribution in [-0.4, -0.2) is 10.9 Å². The largest absolute Gasteiger partial charge is 0.318 e. The molecule has 0 saturated heterocycles. The van der Waals surface area contributed by atoms with Crippen LogP contribution in [-0.2, 0) is 4.79 Å². The highest BCUT2D eigenvalue weighted by molar-refractivity contribution is 7.20. The summed E-state index contributed by atoms with van der Waals surface area (Å²) < 4.78 is 0. The lowest BCUT2D eigenvalue weighted by molar-refractivity contribution is -0.115. The van der Waals surface area contributed by atoms with Crippen molar-refractivity contribution in [3.05, 3.63) is 60.4 Å². The highest BCUT2D eigenvalue weighted by Gasteiger charge is 2.14. The predicted molar refractivity (Wildman–Crippen MR) is 96.6 cm³/mol. The lowest BCUT2D eigenvalue weighted by atomic mass is 10.0. The third kappa shape index (κ3) is 3.48. The van der Waals surface area contributed by atoms with Crippen LogP contribution in [0, 0.1) is 6.92 Å². The number of amides is 1. The Morgan fingerprint density at radius 2 is 1.78 bits per heavy atom. The predicted octanol–water partition coefficient (Wildman–Crippen LogP) is 5.13. The van der Waals surface area contributed by atoms with E-state index in [0.717, 1.165) is 26.6 Å². The summed E-state index contributed by atoms with van der Waals surface area (Å²) in [5.74, 6) is 0.0305. The molecule has 0 unspecified atom stereocenters. The number of pyridine rings is 1. The van der Waals surface area contributed by atoms with Gasteiger partial charge in [0.25, 0.3) is 0 Å². The molecule has 0 aliphatic rings. The fraction of sp³-hybridized carbons (Fsp3) is 0.158. The Bertz CT molecular complexity index is 807. The van der Waals surface area contributed by atoms with Crippen molar-refractivity contribution in [3.63, 3.8) is 0 Å². The van der Waals surface area contributed by atoms with Crippen LogP contribution < -0.4 is 5.32 Å². The van der Waals surface area contributed by atoms with Gasteiger partial charge in [-0.15, -0.1) is 11.3 Å². The van der Waals surface area contributed by atoms with Crippen molar-refractivity contribution in [2.75, 3.05) is 5.32 Å². The average molecular weight is 322 g/mol. The van der Waals surface area contributed by atoms with Crippen molar-refractivity contribution in [1.29, 1.82) is 0 Å². The molecule has 0 saturated carbocycles. The Morgan fingerprint density at radius 1 is 1.09 bits per heavy atom. The van der Waals surface area contributed by atoms with Crippen LogP contribution in [0.25, 0.3) is 21.6 Å². The van der Waals surface area contributed by atoms with Gasteiger partial charge in [-0.1, -0.05) is 36.8 Å². The molecule has 1 amide bonds. The monoisotopic (exact) mass is 322 g/mol. The molecule has 0 atom stereocenters. The lowest BCUT2D eigenvalue weighted by Gasteiger charge is -2.04. The van der Waals surface area contributed by atoms with E-state index < -0.39 is 0 Å². The van der Waals surface area contributed by atoms with E-state index in [-0.39, 0.29) is 5.91 Å². The lowest BCUT2D eigenvalue weighted by Crippen LogP contribution is -2.07. The number of hydrogen-bond donors (Lipinski definition) is 1. The molecule has 1 N–H and O–H groups in total. The third-order valence-corrected chi connectivity index (χ3v) is 4.72. The minimum Gasteiger partial charge on any atom is -0.318 e. The molecule has 4 heteroatoms. The number of hydrogen-bond acceptors (Lipinski definition) is 3. The van der Waals surface area contributed by atoms with Gasteiger partial charge in [0.1, 0.15) is 0 Å². The van der Waals surface area contributed by atoms with E-state index in [1.165, 1.54) is 5.56 Å². The average Bonchev–Trinajstić information content (AvgIpc) is 3.00. The minimum atomic E-state index is 0.0305. The maximum atomic E-state index is 11.7. The quantitative estimate of drug-likeness (QED) is 0.723. The molecular formula is C19H18N2OS. The van der Waals surface area contributed by atoms with Crippen LogP contribution in [0.2, 0.25) is 0 Å². The summed E-state index contributed by atoms with van der Waals surface area (Å²) in [5.41, 5.74) is 4.62. The van der Waals surface area contributed by atoms with Gasteiger partial charge in [-0.25, -0.2) is 0 Å². The van der Waals surface area contributed by atoms with Gasteiger partial charge in [-0.2, -0.15) is 0 Å². The number of anilines is 1. The Balaban J connectivity index is 2.08. The minimum absolute atomic E-state index is 0.0305. The van der Waals surface area contributed by atoms with Crippen LogP contribution in [0.3, 0.4) is 0 Å². The number of rotatable bonds is 4. The van der Waals surface area contributed by atoms with Gasteiger partial charge in [-0.3, -0.25) is 9.78 Å². The zero-order chi connectivity index (χ0) is 16.2. The molecule has 0 bridgehead atoms. The number of carbonyl (C=O) groups is 1. The molecule has 116 valence electrons. The molecule has 3 rings (SSSR count). The van der Waals surface area contributed by atoms with Crippen molar-refractivity contribution in [2.24, 2.45) is 0 Å². The highest BCUT2D eigenvalue weighted by atomic mass is 32.1. The molecule has 2 heterocycles. The zero-order valence-corrected chi connectivity index (χ0v) is 14.0. The van der Waals surface area contributed by atoms with Crippen molar-refractivity contribution >= 4 is 22.2 Å². The van der Waals surface area contributed by atoms with E-state index in [0.29, 0.717) is 6.42 Å². The topological polar surface area (TPSA) is 42.0 Å². The third-order valence-electron chi connectivity index (χ3n) is 3.62. The zero-order valence-electron chi connectivity index (χ0n) is 13.2. The summed E-state index contributed by atoms with van der Waals surface area (Å²) in [4.78, 5) is 16.9. The summed E-state index contributed by atoms with van der Waals surface area (Å²) in [6, 6.07) is 14.5. The first-order valence-corrected chi connectivity index (χ1v) is 8.40. The van der Waals surface area contributed by atoms with Crippen LogP contribution in [0.5, 0.6) is 0 Å². The number of carbonyl (C=O) groups excluding carboxylic acids is 1. The van der Waals surface area contributed by atoms with Gasteiger partial charge in [0, 0.05) is 29.3 Å². The Kier molecular flexibility index (Phi) is 4.53. The van der Waals surface area contributed by atoms with Crippen LogP contribution in [0.1, 0.15) is 18.9 Å². The summed E-state index contributed by atoms with van der Waals surface area (Å²) in [7, 11) is 0. The van der Waals surface area contributed by atoms with Crippen molar-refractivity contribution in [2.45, 2.75) is 20.3 Å². The molecule has 0 aliphatic carbocycles. The summed E-state index contributed by atoms with van der Waals surface area (Å²) in [6.07, 6.45) is 4.05. The van der Waals surface area contributed by atoms with Crippen LogP contribution in [0.4, 0.5) is 5.00 Å². The molecule has 0 fully saturated rings. The van der Waals surface area contributed by atoms with E-state index in [4.69, 9.17) is 0 Å². The van der Waals surface area contributed by atoms with E-state index >= 15 is 0 Å². The maximum absolute atomic E-state index is 11.7. The van der Waals surface area contributed by atoms with Crippen molar-refractivity contribution in [3.8, 4) is 21.6 Å². The Labute approximate surface area is 140 Å². The highest BCUT2D eigenvalue weighted by Crippen LogP contribution is 2.41. The molecule has 3 nitrogen and oxygen atoms in total. The van der Waals surface area contributed by atoms with Gasteiger partial charge in [0.2, 0.25) is 5.91 Å². The smallest absolute Gasteiger partial charge is 0.224 e. The second-order valence-electron chi connectivity index (χ2n) is 5.36. The first-order chi connectivity index (χ1) is 11.2. The van der Waals surface area contributed by atoms with Crippen molar-refractivity contribution < 1.29 is 4.79 Å². The Hall–Kier alpha value is -2.46. The molecule has 1 aromatic carbocycles. The second kappa shape index (κ2) is 6.75. The van der Waals surface area contributed by atoms with Crippen LogP contribution in [0.15, 0.2) is 54.9 Å².